The zero-order chi connectivity index (χ0) is 10.2. The van der Waals surface area contributed by atoms with Crippen molar-refractivity contribution < 1.29 is 0 Å². The Bertz CT molecular complexity index is 219. The van der Waals surface area contributed by atoms with Crippen LogP contribution in [0.2, 0.25) is 0 Å². The van der Waals surface area contributed by atoms with Crippen LogP contribution >= 0.6 is 0 Å². The molecule has 0 unspecified atom stereocenters. The summed E-state index contributed by atoms with van der Waals surface area (Å²) in [7, 11) is 0. The van der Waals surface area contributed by atoms with Crippen molar-refractivity contribution >= 4 is 0 Å². The summed E-state index contributed by atoms with van der Waals surface area (Å²) in [5.41, 5.74) is 0. The zero-order valence-corrected chi connectivity index (χ0v) is 8.90. The monoisotopic (exact) mass is 197 g/mol. The fourth-order valence-corrected chi connectivity index (χ4v) is 1.12. The minimum atomic E-state index is 0.562. The van der Waals surface area contributed by atoms with Gasteiger partial charge in [0.2, 0.25) is 0 Å². The second-order valence-electron chi connectivity index (χ2n) is 3.52. The average Bonchev–Trinajstić information content (AvgIpc) is 2.63. The molecule has 0 aliphatic rings. The fourth-order valence-electron chi connectivity index (χ4n) is 1.12. The van der Waals surface area contributed by atoms with Crippen LogP contribution in [0, 0.1) is 0 Å². The third-order valence-electron chi connectivity index (χ3n) is 1.84. The van der Waals surface area contributed by atoms with E-state index in [0.29, 0.717) is 6.04 Å². The topological polar surface area (TPSA) is 54.8 Å². The molecule has 0 bridgehead atoms. The summed E-state index contributed by atoms with van der Waals surface area (Å²) >= 11 is 0. The Kier molecular flexibility index (Phi) is 5.17. The minimum absolute atomic E-state index is 0.562. The highest BCUT2D eigenvalue weighted by atomic mass is 15.3. The molecule has 0 fully saturated rings. The molecule has 1 heterocycles. The zero-order valence-electron chi connectivity index (χ0n) is 8.90. The molecule has 0 aliphatic carbocycles. The molecule has 0 saturated carbocycles. The third-order valence-corrected chi connectivity index (χ3v) is 1.84. The molecule has 1 aromatic heterocycles. The molecule has 2 N–H and O–H groups in total. The van der Waals surface area contributed by atoms with Gasteiger partial charge in [0, 0.05) is 25.7 Å². The fraction of sp³-hybridized carbons (Fsp3) is 0.778. The summed E-state index contributed by atoms with van der Waals surface area (Å²) in [5, 5.41) is 10.7. The largest absolute Gasteiger partial charge is 0.314 e. The first-order chi connectivity index (χ1) is 6.79. The lowest BCUT2D eigenvalue weighted by Gasteiger charge is -2.08. The van der Waals surface area contributed by atoms with Gasteiger partial charge in [-0.05, 0) is 0 Å². The van der Waals surface area contributed by atoms with Crippen LogP contribution in [-0.4, -0.2) is 40.4 Å². The maximum absolute atomic E-state index is 4.01. The van der Waals surface area contributed by atoms with Crippen molar-refractivity contribution in [3.63, 3.8) is 0 Å². The van der Waals surface area contributed by atoms with Crippen molar-refractivity contribution in [2.75, 3.05) is 19.6 Å². The van der Waals surface area contributed by atoms with E-state index >= 15 is 0 Å². The van der Waals surface area contributed by atoms with Gasteiger partial charge in [-0.1, -0.05) is 13.8 Å². The van der Waals surface area contributed by atoms with E-state index < -0.39 is 0 Å². The van der Waals surface area contributed by atoms with E-state index in [9.17, 15) is 0 Å². The van der Waals surface area contributed by atoms with Crippen molar-refractivity contribution in [2.45, 2.75) is 26.4 Å². The molecule has 0 spiro atoms. The number of aromatic nitrogens is 3. The molecule has 5 heteroatoms. The number of rotatable bonds is 7. The molecule has 5 nitrogen and oxygen atoms in total. The molecule has 80 valence electrons. The van der Waals surface area contributed by atoms with Crippen LogP contribution in [0.4, 0.5) is 0 Å². The Morgan fingerprint density at radius 2 is 2.14 bits per heavy atom. The highest BCUT2D eigenvalue weighted by molar-refractivity contribution is 4.59. The first-order valence-corrected chi connectivity index (χ1v) is 5.05. The number of nitrogens with zero attached hydrogens (tertiary/aromatic N) is 3. The quantitative estimate of drug-likeness (QED) is 0.598. The normalized spacial score (nSPS) is 11.1. The van der Waals surface area contributed by atoms with E-state index in [4.69, 9.17) is 0 Å². The molecule has 0 radical (unpaired) electrons. The van der Waals surface area contributed by atoms with Gasteiger partial charge in [-0.3, -0.25) is 4.68 Å². The summed E-state index contributed by atoms with van der Waals surface area (Å²) in [6.07, 6.45) is 3.29. The Balaban J connectivity index is 1.90. The number of hydrogen-bond acceptors (Lipinski definition) is 4. The van der Waals surface area contributed by atoms with Gasteiger partial charge in [0.25, 0.3) is 0 Å². The molecule has 0 amide bonds. The molecule has 0 atom stereocenters. The highest BCUT2D eigenvalue weighted by Crippen LogP contribution is 1.78. The Morgan fingerprint density at radius 1 is 1.29 bits per heavy atom. The molecule has 1 rings (SSSR count). The van der Waals surface area contributed by atoms with Gasteiger partial charge in [0.05, 0.1) is 6.54 Å². The summed E-state index contributed by atoms with van der Waals surface area (Å²) in [6, 6.07) is 0.562. The van der Waals surface area contributed by atoms with Crippen LogP contribution in [0.15, 0.2) is 12.7 Å². The summed E-state index contributed by atoms with van der Waals surface area (Å²) in [6.45, 7) is 8.11. The van der Waals surface area contributed by atoms with Gasteiger partial charge in [0.15, 0.2) is 0 Å². The maximum Gasteiger partial charge on any atom is 0.137 e. The first-order valence-electron chi connectivity index (χ1n) is 5.05. The van der Waals surface area contributed by atoms with Crippen LogP contribution in [0.5, 0.6) is 0 Å². The lowest BCUT2D eigenvalue weighted by Crippen LogP contribution is -2.32. The van der Waals surface area contributed by atoms with Gasteiger partial charge in [-0.2, -0.15) is 5.10 Å². The van der Waals surface area contributed by atoms with Gasteiger partial charge < -0.3 is 10.6 Å². The van der Waals surface area contributed by atoms with Gasteiger partial charge in [-0.25, -0.2) is 4.98 Å². The average molecular weight is 197 g/mol. The van der Waals surface area contributed by atoms with Crippen LogP contribution in [0.25, 0.3) is 0 Å². The van der Waals surface area contributed by atoms with E-state index in [1.54, 1.807) is 12.7 Å². The van der Waals surface area contributed by atoms with E-state index in [1.165, 1.54) is 0 Å². The van der Waals surface area contributed by atoms with Crippen LogP contribution in [-0.2, 0) is 6.54 Å². The second kappa shape index (κ2) is 6.50. The minimum Gasteiger partial charge on any atom is -0.314 e. The Morgan fingerprint density at radius 3 is 2.79 bits per heavy atom. The van der Waals surface area contributed by atoms with E-state index in [-0.39, 0.29) is 0 Å². The Labute approximate surface area is 84.9 Å². The standard InChI is InChI=1S/C9H19N5/c1-9(2)12-4-3-10-5-6-14-8-11-7-13-14/h7-10,12H,3-6H2,1-2H3. The second-order valence-corrected chi connectivity index (χ2v) is 3.52. The van der Waals surface area contributed by atoms with Crippen LogP contribution in [0.3, 0.4) is 0 Å². The number of hydrogen-bond donors (Lipinski definition) is 2. The lowest BCUT2D eigenvalue weighted by atomic mass is 10.4. The molecule has 0 aromatic carbocycles. The predicted molar refractivity (Wildman–Crippen MR) is 56.0 cm³/mol. The lowest BCUT2D eigenvalue weighted by molar-refractivity contribution is 0.521. The SMILES string of the molecule is CC(C)NCCNCCn1cncn1. The number of nitrogens with one attached hydrogen (secondary N) is 2. The molecule has 1 aromatic rings. The predicted octanol–water partition coefficient (Wildman–Crippen LogP) is -0.134. The Hall–Kier alpha value is -0.940. The molecule has 0 aliphatic heterocycles. The molecule has 14 heavy (non-hydrogen) atoms. The van der Waals surface area contributed by atoms with E-state index in [0.717, 1.165) is 26.2 Å². The molecule has 0 saturated heterocycles. The van der Waals surface area contributed by atoms with E-state index in [2.05, 4.69) is 34.6 Å². The van der Waals surface area contributed by atoms with Crippen molar-refractivity contribution in [2.24, 2.45) is 0 Å². The van der Waals surface area contributed by atoms with Gasteiger partial charge in [0.1, 0.15) is 12.7 Å². The van der Waals surface area contributed by atoms with Crippen molar-refractivity contribution in [1.82, 2.24) is 25.4 Å². The summed E-state index contributed by atoms with van der Waals surface area (Å²) in [5.74, 6) is 0. The van der Waals surface area contributed by atoms with Gasteiger partial charge in [-0.15, -0.1) is 0 Å². The first kappa shape index (κ1) is 11.1. The maximum atomic E-state index is 4.01. The van der Waals surface area contributed by atoms with Crippen molar-refractivity contribution in [3.05, 3.63) is 12.7 Å². The summed E-state index contributed by atoms with van der Waals surface area (Å²) < 4.78 is 1.82. The molecular formula is C9H19N5. The molecular weight excluding hydrogens is 178 g/mol. The van der Waals surface area contributed by atoms with Crippen molar-refractivity contribution in [1.29, 1.82) is 0 Å². The van der Waals surface area contributed by atoms with Crippen LogP contribution < -0.4 is 10.6 Å². The van der Waals surface area contributed by atoms with E-state index in [1.807, 2.05) is 4.68 Å². The van der Waals surface area contributed by atoms with Gasteiger partial charge >= 0.3 is 0 Å². The highest BCUT2D eigenvalue weighted by Gasteiger charge is 1.92. The van der Waals surface area contributed by atoms with Crippen molar-refractivity contribution in [3.8, 4) is 0 Å². The smallest absolute Gasteiger partial charge is 0.137 e. The summed E-state index contributed by atoms with van der Waals surface area (Å²) in [4.78, 5) is 3.87. The van der Waals surface area contributed by atoms with Crippen LogP contribution in [0.1, 0.15) is 13.8 Å². The third kappa shape index (κ3) is 4.94.